The maximum atomic E-state index is 5.88. The molecule has 0 unspecified atom stereocenters. The number of aryl methyl sites for hydroxylation is 1. The number of nitrogen functional groups attached to an aromatic ring is 1. The summed E-state index contributed by atoms with van der Waals surface area (Å²) in [6, 6.07) is 6.02. The fourth-order valence-corrected chi connectivity index (χ4v) is 1.79. The Kier molecular flexibility index (Phi) is 5.40. The minimum Gasteiger partial charge on any atom is -0.491 e. The van der Waals surface area contributed by atoms with Gasteiger partial charge in [-0.3, -0.25) is 0 Å². The maximum absolute atomic E-state index is 5.88. The van der Waals surface area contributed by atoms with Crippen LogP contribution in [0.25, 0.3) is 0 Å². The average Bonchev–Trinajstić information content (AvgIpc) is 2.26. The van der Waals surface area contributed by atoms with Crippen LogP contribution in [0.5, 0.6) is 5.75 Å². The summed E-state index contributed by atoms with van der Waals surface area (Å²) in [6.07, 6.45) is 1.01. The molecule has 2 N–H and O–H groups in total. The van der Waals surface area contributed by atoms with Crippen molar-refractivity contribution in [3.05, 3.63) is 23.8 Å². The third kappa shape index (κ3) is 4.04. The van der Waals surface area contributed by atoms with Gasteiger partial charge in [0.05, 0.1) is 12.3 Å². The molecule has 2 nitrogen and oxygen atoms in total. The van der Waals surface area contributed by atoms with Gasteiger partial charge in [0.25, 0.3) is 0 Å². The lowest BCUT2D eigenvalue weighted by molar-refractivity contribution is 0.346. The first-order chi connectivity index (χ1) is 7.27. The number of rotatable bonds is 6. The molecule has 15 heavy (non-hydrogen) atoms. The molecule has 0 aliphatic rings. The molecular weight excluding hydrogens is 206 g/mol. The van der Waals surface area contributed by atoms with Crippen molar-refractivity contribution in [2.75, 3.05) is 23.8 Å². The van der Waals surface area contributed by atoms with E-state index in [1.165, 1.54) is 5.56 Å². The van der Waals surface area contributed by atoms with Gasteiger partial charge in [-0.15, -0.1) is 0 Å². The molecule has 0 aliphatic carbocycles. The van der Waals surface area contributed by atoms with Crippen LogP contribution in [0.15, 0.2) is 18.2 Å². The summed E-state index contributed by atoms with van der Waals surface area (Å²) in [7, 11) is 0. The molecule has 1 rings (SSSR count). The van der Waals surface area contributed by atoms with Gasteiger partial charge in [-0.25, -0.2) is 0 Å². The molecule has 0 saturated carbocycles. The van der Waals surface area contributed by atoms with Crippen LogP contribution in [-0.2, 0) is 6.42 Å². The van der Waals surface area contributed by atoms with Gasteiger partial charge < -0.3 is 10.5 Å². The minimum atomic E-state index is 0.730. The van der Waals surface area contributed by atoms with E-state index in [9.17, 15) is 0 Å². The molecule has 0 aromatic heterocycles. The van der Waals surface area contributed by atoms with E-state index in [0.29, 0.717) is 0 Å². The number of benzene rings is 1. The molecular formula is C12H19NOS. The van der Waals surface area contributed by atoms with Crippen molar-refractivity contribution in [3.63, 3.8) is 0 Å². The standard InChI is InChI=1S/C12H19NOS/c1-3-10-5-6-12(11(13)9-10)14-7-8-15-4-2/h5-6,9H,3-4,7-8,13H2,1-2H3. The van der Waals surface area contributed by atoms with Crippen molar-refractivity contribution in [2.24, 2.45) is 0 Å². The fourth-order valence-electron chi connectivity index (χ4n) is 1.30. The second-order valence-electron chi connectivity index (χ2n) is 3.27. The zero-order valence-corrected chi connectivity index (χ0v) is 10.3. The van der Waals surface area contributed by atoms with E-state index in [4.69, 9.17) is 10.5 Å². The van der Waals surface area contributed by atoms with Crippen molar-refractivity contribution >= 4 is 17.4 Å². The van der Waals surface area contributed by atoms with Crippen molar-refractivity contribution in [1.29, 1.82) is 0 Å². The fraction of sp³-hybridized carbons (Fsp3) is 0.500. The molecule has 0 saturated heterocycles. The number of hydrogen-bond acceptors (Lipinski definition) is 3. The van der Waals surface area contributed by atoms with Crippen molar-refractivity contribution in [3.8, 4) is 5.75 Å². The Labute approximate surface area is 96.2 Å². The Morgan fingerprint density at radius 3 is 2.73 bits per heavy atom. The van der Waals surface area contributed by atoms with E-state index in [-0.39, 0.29) is 0 Å². The zero-order chi connectivity index (χ0) is 11.1. The third-order valence-electron chi connectivity index (χ3n) is 2.17. The normalized spacial score (nSPS) is 10.3. The number of hydrogen-bond donors (Lipinski definition) is 1. The highest BCUT2D eigenvalue weighted by Crippen LogP contribution is 2.22. The van der Waals surface area contributed by atoms with Crippen LogP contribution in [0.1, 0.15) is 19.4 Å². The molecule has 1 aromatic carbocycles. The van der Waals surface area contributed by atoms with Gasteiger partial charge in [0.2, 0.25) is 0 Å². The number of ether oxygens (including phenoxy) is 1. The van der Waals surface area contributed by atoms with Gasteiger partial charge in [-0.05, 0) is 29.9 Å². The van der Waals surface area contributed by atoms with E-state index in [0.717, 1.165) is 36.0 Å². The predicted octanol–water partition coefficient (Wildman–Crippen LogP) is 2.96. The molecule has 0 heterocycles. The summed E-state index contributed by atoms with van der Waals surface area (Å²) in [6.45, 7) is 5.00. The monoisotopic (exact) mass is 225 g/mol. The molecule has 0 atom stereocenters. The van der Waals surface area contributed by atoms with Crippen LogP contribution in [0.2, 0.25) is 0 Å². The SMILES string of the molecule is CCSCCOc1ccc(CC)cc1N. The van der Waals surface area contributed by atoms with Gasteiger partial charge in [0.15, 0.2) is 0 Å². The van der Waals surface area contributed by atoms with Crippen LogP contribution in [0.4, 0.5) is 5.69 Å². The van der Waals surface area contributed by atoms with Crippen LogP contribution in [-0.4, -0.2) is 18.1 Å². The summed E-state index contributed by atoms with van der Waals surface area (Å²) in [4.78, 5) is 0. The van der Waals surface area contributed by atoms with Crippen molar-refractivity contribution < 1.29 is 4.74 Å². The highest BCUT2D eigenvalue weighted by Gasteiger charge is 2.00. The van der Waals surface area contributed by atoms with Crippen molar-refractivity contribution in [1.82, 2.24) is 0 Å². The van der Waals surface area contributed by atoms with E-state index >= 15 is 0 Å². The van der Waals surface area contributed by atoms with E-state index < -0.39 is 0 Å². The molecule has 0 fully saturated rings. The van der Waals surface area contributed by atoms with Crippen LogP contribution >= 0.6 is 11.8 Å². The molecule has 0 amide bonds. The molecule has 3 heteroatoms. The Morgan fingerprint density at radius 1 is 1.33 bits per heavy atom. The van der Waals surface area contributed by atoms with E-state index in [1.54, 1.807) is 0 Å². The minimum absolute atomic E-state index is 0.730. The number of anilines is 1. The second kappa shape index (κ2) is 6.62. The van der Waals surface area contributed by atoms with Crippen LogP contribution < -0.4 is 10.5 Å². The second-order valence-corrected chi connectivity index (χ2v) is 4.66. The Bertz CT molecular complexity index is 302. The first kappa shape index (κ1) is 12.2. The summed E-state index contributed by atoms with van der Waals surface area (Å²) in [5.41, 5.74) is 7.88. The molecule has 84 valence electrons. The summed E-state index contributed by atoms with van der Waals surface area (Å²) >= 11 is 1.88. The van der Waals surface area contributed by atoms with E-state index in [2.05, 4.69) is 19.9 Å². The lowest BCUT2D eigenvalue weighted by Crippen LogP contribution is -2.03. The zero-order valence-electron chi connectivity index (χ0n) is 9.45. The lowest BCUT2D eigenvalue weighted by atomic mass is 10.1. The van der Waals surface area contributed by atoms with E-state index in [1.807, 2.05) is 23.9 Å². The molecule has 0 bridgehead atoms. The quantitative estimate of drug-likeness (QED) is 0.597. The Balaban J connectivity index is 2.47. The number of nitrogens with two attached hydrogens (primary N) is 1. The molecule has 0 radical (unpaired) electrons. The summed E-state index contributed by atoms with van der Waals surface area (Å²) < 4.78 is 5.59. The first-order valence-corrected chi connectivity index (χ1v) is 6.52. The Morgan fingerprint density at radius 2 is 2.13 bits per heavy atom. The first-order valence-electron chi connectivity index (χ1n) is 5.36. The van der Waals surface area contributed by atoms with Gasteiger partial charge >= 0.3 is 0 Å². The molecule has 1 aromatic rings. The van der Waals surface area contributed by atoms with Crippen LogP contribution in [0, 0.1) is 0 Å². The average molecular weight is 225 g/mol. The largest absolute Gasteiger partial charge is 0.491 e. The topological polar surface area (TPSA) is 35.2 Å². The summed E-state index contributed by atoms with van der Waals surface area (Å²) in [5.74, 6) is 2.96. The highest BCUT2D eigenvalue weighted by atomic mass is 32.2. The molecule has 0 aliphatic heterocycles. The smallest absolute Gasteiger partial charge is 0.142 e. The lowest BCUT2D eigenvalue weighted by Gasteiger charge is -2.09. The van der Waals surface area contributed by atoms with Gasteiger partial charge in [-0.1, -0.05) is 19.9 Å². The van der Waals surface area contributed by atoms with Gasteiger partial charge in [-0.2, -0.15) is 11.8 Å². The van der Waals surface area contributed by atoms with Gasteiger partial charge in [0.1, 0.15) is 5.75 Å². The maximum Gasteiger partial charge on any atom is 0.142 e. The third-order valence-corrected chi connectivity index (χ3v) is 3.04. The molecule has 0 spiro atoms. The number of thioether (sulfide) groups is 1. The van der Waals surface area contributed by atoms with Gasteiger partial charge in [0, 0.05) is 5.75 Å². The van der Waals surface area contributed by atoms with Crippen molar-refractivity contribution in [2.45, 2.75) is 20.3 Å². The predicted molar refractivity (Wildman–Crippen MR) is 68.7 cm³/mol. The summed E-state index contributed by atoms with van der Waals surface area (Å²) in [5, 5.41) is 0. The Hall–Kier alpha value is -0.830. The van der Waals surface area contributed by atoms with Crippen LogP contribution in [0.3, 0.4) is 0 Å². The highest BCUT2D eigenvalue weighted by molar-refractivity contribution is 7.99.